The normalized spacial score (nSPS) is 10.7. The molecule has 0 saturated heterocycles. The summed E-state index contributed by atoms with van der Waals surface area (Å²) in [5, 5.41) is 7.24. The summed E-state index contributed by atoms with van der Waals surface area (Å²) in [6, 6.07) is 16.1. The van der Waals surface area contributed by atoms with Crippen LogP contribution >= 0.6 is 28.1 Å². The van der Waals surface area contributed by atoms with Crippen molar-refractivity contribution in [2.24, 2.45) is 0 Å². The van der Waals surface area contributed by atoms with Gasteiger partial charge in [0, 0.05) is 10.0 Å². The maximum Gasteiger partial charge on any atom is 0.200 e. The van der Waals surface area contributed by atoms with E-state index in [1.165, 1.54) is 0 Å². The minimum atomic E-state index is 0.588. The summed E-state index contributed by atoms with van der Waals surface area (Å²) < 4.78 is 3.60. The topological polar surface area (TPSA) is 33.6 Å². The Kier molecular flexibility index (Phi) is 3.54. The van der Waals surface area contributed by atoms with Crippen LogP contribution in [0.3, 0.4) is 0 Å². The van der Waals surface area contributed by atoms with Crippen LogP contribution in [0, 0.1) is 11.7 Å². The smallest absolute Gasteiger partial charge is 0.200 e. The first-order chi connectivity index (χ1) is 9.68. The molecule has 100 valence electrons. The highest BCUT2D eigenvalue weighted by Gasteiger charge is 2.13. The Hall–Kier alpha value is -1.72. The molecule has 0 aliphatic carbocycles. The van der Waals surface area contributed by atoms with Crippen molar-refractivity contribution >= 4 is 28.1 Å². The van der Waals surface area contributed by atoms with Gasteiger partial charge in [-0.25, -0.2) is 0 Å². The van der Waals surface area contributed by atoms with Crippen molar-refractivity contribution in [1.82, 2.24) is 14.8 Å². The van der Waals surface area contributed by atoms with Gasteiger partial charge in [0.1, 0.15) is 0 Å². The molecular formula is C15H12BrN3S. The molecule has 3 nitrogen and oxygen atoms in total. The lowest BCUT2D eigenvalue weighted by atomic mass is 10.1. The highest BCUT2D eigenvalue weighted by molar-refractivity contribution is 9.10. The number of aromatic nitrogens is 3. The zero-order valence-electron chi connectivity index (χ0n) is 10.8. The predicted octanol–water partition coefficient (Wildman–Crippen LogP) is 4.67. The lowest BCUT2D eigenvalue weighted by Gasteiger charge is -2.11. The first kappa shape index (κ1) is 13.3. The summed E-state index contributed by atoms with van der Waals surface area (Å²) in [6.45, 7) is 2.06. The molecule has 0 aliphatic rings. The molecule has 5 heteroatoms. The van der Waals surface area contributed by atoms with Gasteiger partial charge in [0.2, 0.25) is 0 Å². The molecule has 1 N–H and O–H groups in total. The monoisotopic (exact) mass is 345 g/mol. The fourth-order valence-corrected chi connectivity index (χ4v) is 2.73. The van der Waals surface area contributed by atoms with E-state index in [4.69, 9.17) is 12.2 Å². The SMILES string of the molecule is Cc1c(Br)cccc1-n1c(-c2ccccc2)n[nH]c1=S. The second kappa shape index (κ2) is 5.34. The number of benzene rings is 2. The second-order valence-electron chi connectivity index (χ2n) is 4.44. The van der Waals surface area contributed by atoms with Crippen LogP contribution in [0.25, 0.3) is 17.1 Å². The lowest BCUT2D eigenvalue weighted by Crippen LogP contribution is -2.00. The van der Waals surface area contributed by atoms with Gasteiger partial charge in [-0.15, -0.1) is 0 Å². The van der Waals surface area contributed by atoms with E-state index >= 15 is 0 Å². The average molecular weight is 346 g/mol. The minimum absolute atomic E-state index is 0.588. The summed E-state index contributed by atoms with van der Waals surface area (Å²) >= 11 is 8.95. The molecule has 0 amide bonds. The third-order valence-corrected chi connectivity index (χ3v) is 4.32. The number of hydrogen-bond donors (Lipinski definition) is 1. The number of nitrogens with zero attached hydrogens (tertiary/aromatic N) is 2. The summed E-state index contributed by atoms with van der Waals surface area (Å²) in [6.07, 6.45) is 0. The fourth-order valence-electron chi connectivity index (χ4n) is 2.14. The summed E-state index contributed by atoms with van der Waals surface area (Å²) in [4.78, 5) is 0. The van der Waals surface area contributed by atoms with Gasteiger partial charge >= 0.3 is 0 Å². The van der Waals surface area contributed by atoms with Crippen LogP contribution in [0.4, 0.5) is 0 Å². The lowest BCUT2D eigenvalue weighted by molar-refractivity contribution is 1.02. The van der Waals surface area contributed by atoms with Crippen LogP contribution in [-0.2, 0) is 0 Å². The number of halogens is 1. The van der Waals surface area contributed by atoms with Crippen LogP contribution in [-0.4, -0.2) is 14.8 Å². The number of hydrogen-bond acceptors (Lipinski definition) is 2. The van der Waals surface area contributed by atoms with Crippen molar-refractivity contribution in [2.75, 3.05) is 0 Å². The maximum atomic E-state index is 5.39. The number of H-pyrrole nitrogens is 1. The van der Waals surface area contributed by atoms with Gasteiger partial charge in [-0.05, 0) is 36.8 Å². The Labute approximate surface area is 130 Å². The Balaban J connectivity index is 2.28. The molecule has 0 saturated carbocycles. The van der Waals surface area contributed by atoms with Crippen molar-refractivity contribution in [3.05, 3.63) is 63.3 Å². The van der Waals surface area contributed by atoms with E-state index in [-0.39, 0.29) is 0 Å². The molecule has 0 spiro atoms. The van der Waals surface area contributed by atoms with E-state index in [1.807, 2.05) is 53.1 Å². The molecule has 1 heterocycles. The number of rotatable bonds is 2. The third kappa shape index (κ3) is 2.23. The van der Waals surface area contributed by atoms with Gasteiger partial charge in [-0.1, -0.05) is 52.3 Å². The zero-order valence-corrected chi connectivity index (χ0v) is 13.2. The maximum absolute atomic E-state index is 5.39. The molecule has 0 atom stereocenters. The molecule has 0 bridgehead atoms. The van der Waals surface area contributed by atoms with Gasteiger partial charge in [-0.3, -0.25) is 9.67 Å². The average Bonchev–Trinajstić information content (AvgIpc) is 2.85. The van der Waals surface area contributed by atoms with Crippen molar-refractivity contribution < 1.29 is 0 Å². The first-order valence-electron chi connectivity index (χ1n) is 6.17. The predicted molar refractivity (Wildman–Crippen MR) is 86.6 cm³/mol. The third-order valence-electron chi connectivity index (χ3n) is 3.18. The minimum Gasteiger partial charge on any atom is -0.268 e. The van der Waals surface area contributed by atoms with Gasteiger partial charge in [0.25, 0.3) is 0 Å². The van der Waals surface area contributed by atoms with Gasteiger partial charge in [0.15, 0.2) is 10.6 Å². The van der Waals surface area contributed by atoms with E-state index in [9.17, 15) is 0 Å². The Morgan fingerprint density at radius 3 is 2.60 bits per heavy atom. The fraction of sp³-hybridized carbons (Fsp3) is 0.0667. The van der Waals surface area contributed by atoms with Crippen molar-refractivity contribution in [2.45, 2.75) is 6.92 Å². The highest BCUT2D eigenvalue weighted by atomic mass is 79.9. The zero-order chi connectivity index (χ0) is 14.1. The Bertz CT molecular complexity index is 805. The van der Waals surface area contributed by atoms with Crippen LogP contribution in [0.15, 0.2) is 53.0 Å². The first-order valence-corrected chi connectivity index (χ1v) is 7.37. The quantitative estimate of drug-likeness (QED) is 0.684. The van der Waals surface area contributed by atoms with Crippen molar-refractivity contribution in [3.8, 4) is 17.1 Å². The van der Waals surface area contributed by atoms with Gasteiger partial charge in [-0.2, -0.15) is 5.10 Å². The van der Waals surface area contributed by atoms with Crippen LogP contribution < -0.4 is 0 Å². The summed E-state index contributed by atoms with van der Waals surface area (Å²) in [5.74, 6) is 0.816. The largest absolute Gasteiger partial charge is 0.268 e. The molecule has 3 aromatic rings. The molecular weight excluding hydrogens is 334 g/mol. The van der Waals surface area contributed by atoms with E-state index in [1.54, 1.807) is 0 Å². The molecule has 3 rings (SSSR count). The molecule has 0 aliphatic heterocycles. The summed E-state index contributed by atoms with van der Waals surface area (Å²) in [7, 11) is 0. The van der Waals surface area contributed by atoms with E-state index < -0.39 is 0 Å². The Morgan fingerprint density at radius 2 is 1.85 bits per heavy atom. The van der Waals surface area contributed by atoms with Crippen LogP contribution in [0.1, 0.15) is 5.56 Å². The van der Waals surface area contributed by atoms with Crippen molar-refractivity contribution in [3.63, 3.8) is 0 Å². The van der Waals surface area contributed by atoms with E-state index in [2.05, 4.69) is 33.1 Å². The second-order valence-corrected chi connectivity index (χ2v) is 5.68. The number of aromatic amines is 1. The molecule has 0 unspecified atom stereocenters. The molecule has 2 aromatic carbocycles. The molecule has 0 fully saturated rings. The van der Waals surface area contributed by atoms with Gasteiger partial charge < -0.3 is 0 Å². The van der Waals surface area contributed by atoms with Gasteiger partial charge in [0.05, 0.1) is 5.69 Å². The van der Waals surface area contributed by atoms with E-state index in [0.29, 0.717) is 4.77 Å². The summed E-state index contributed by atoms with van der Waals surface area (Å²) in [5.41, 5.74) is 3.18. The number of nitrogens with one attached hydrogen (secondary N) is 1. The van der Waals surface area contributed by atoms with E-state index in [0.717, 1.165) is 27.1 Å². The molecule has 20 heavy (non-hydrogen) atoms. The Morgan fingerprint density at radius 1 is 1.10 bits per heavy atom. The standard InChI is InChI=1S/C15H12BrN3S/c1-10-12(16)8-5-9-13(10)19-14(17-18-15(19)20)11-6-3-2-4-7-11/h2-9H,1H3,(H,18,20). The van der Waals surface area contributed by atoms with Crippen LogP contribution in [0.5, 0.6) is 0 Å². The van der Waals surface area contributed by atoms with Crippen molar-refractivity contribution in [1.29, 1.82) is 0 Å². The van der Waals surface area contributed by atoms with Crippen LogP contribution in [0.2, 0.25) is 0 Å². The molecule has 1 aromatic heterocycles. The highest BCUT2D eigenvalue weighted by Crippen LogP contribution is 2.27. The molecule has 0 radical (unpaired) electrons.